The Bertz CT molecular complexity index is 643. The molecule has 23 heavy (non-hydrogen) atoms. The first-order valence-electron chi connectivity index (χ1n) is 7.42. The van der Waals surface area contributed by atoms with E-state index in [1.165, 1.54) is 0 Å². The average molecular weight is 333 g/mol. The summed E-state index contributed by atoms with van der Waals surface area (Å²) >= 11 is 5.74. The fourth-order valence-corrected chi connectivity index (χ4v) is 2.51. The lowest BCUT2D eigenvalue weighted by Gasteiger charge is -2.34. The monoisotopic (exact) mass is 332 g/mol. The van der Waals surface area contributed by atoms with Gasteiger partial charge in [0.2, 0.25) is 0 Å². The summed E-state index contributed by atoms with van der Waals surface area (Å²) in [6, 6.07) is 13.2. The third-order valence-corrected chi connectivity index (χ3v) is 3.89. The number of anilines is 1. The van der Waals surface area contributed by atoms with E-state index in [0.29, 0.717) is 37.9 Å². The number of carbonyl (C=O) groups excluding carboxylic acids is 1. The molecule has 0 radical (unpaired) electrons. The highest BCUT2D eigenvalue weighted by atomic mass is 35.5. The van der Waals surface area contributed by atoms with Gasteiger partial charge in [0, 0.05) is 26.2 Å². The topological polar surface area (TPSA) is 58.6 Å². The zero-order valence-corrected chi connectivity index (χ0v) is 13.3. The second-order valence-corrected chi connectivity index (χ2v) is 5.62. The molecule has 0 spiro atoms. The number of hydrogen-bond acceptors (Lipinski definition) is 5. The van der Waals surface area contributed by atoms with Gasteiger partial charge in [0.15, 0.2) is 11.0 Å². The van der Waals surface area contributed by atoms with Crippen LogP contribution < -0.4 is 4.90 Å². The molecular formula is C16H17ClN4O2. The summed E-state index contributed by atoms with van der Waals surface area (Å²) in [6.07, 6.45) is -0.282. The van der Waals surface area contributed by atoms with Gasteiger partial charge in [-0.3, -0.25) is 0 Å². The quantitative estimate of drug-likeness (QED) is 0.864. The van der Waals surface area contributed by atoms with Crippen LogP contribution in [0.5, 0.6) is 0 Å². The van der Waals surface area contributed by atoms with E-state index in [1.54, 1.807) is 11.0 Å². The number of ether oxygens (including phenoxy) is 1. The zero-order chi connectivity index (χ0) is 16.1. The van der Waals surface area contributed by atoms with Crippen LogP contribution in [0, 0.1) is 0 Å². The normalized spacial score (nSPS) is 14.7. The van der Waals surface area contributed by atoms with Gasteiger partial charge in [0.1, 0.15) is 6.61 Å². The lowest BCUT2D eigenvalue weighted by Crippen LogP contribution is -2.49. The Morgan fingerprint density at radius 2 is 1.78 bits per heavy atom. The van der Waals surface area contributed by atoms with Crippen molar-refractivity contribution in [2.75, 3.05) is 31.1 Å². The number of carbonyl (C=O) groups is 1. The lowest BCUT2D eigenvalue weighted by molar-refractivity contribution is 0.0941. The van der Waals surface area contributed by atoms with Crippen LogP contribution in [0.3, 0.4) is 0 Å². The Balaban J connectivity index is 1.48. The zero-order valence-electron chi connectivity index (χ0n) is 12.6. The van der Waals surface area contributed by atoms with Crippen molar-refractivity contribution in [2.24, 2.45) is 0 Å². The SMILES string of the molecule is O=C(OCc1ccccc1)N1CCN(c2ccc(Cl)nn2)CC1. The van der Waals surface area contributed by atoms with Crippen LogP contribution in [0.1, 0.15) is 5.56 Å². The fraction of sp³-hybridized carbons (Fsp3) is 0.312. The molecule has 0 bridgehead atoms. The molecule has 6 nitrogen and oxygen atoms in total. The van der Waals surface area contributed by atoms with Crippen LogP contribution in [0.2, 0.25) is 5.15 Å². The maximum absolute atomic E-state index is 12.1. The second-order valence-electron chi connectivity index (χ2n) is 5.23. The van der Waals surface area contributed by atoms with Crippen molar-refractivity contribution in [1.29, 1.82) is 0 Å². The van der Waals surface area contributed by atoms with Gasteiger partial charge in [-0.05, 0) is 17.7 Å². The van der Waals surface area contributed by atoms with Crippen molar-refractivity contribution in [3.8, 4) is 0 Å². The van der Waals surface area contributed by atoms with Crippen molar-refractivity contribution in [3.05, 3.63) is 53.2 Å². The van der Waals surface area contributed by atoms with Gasteiger partial charge in [-0.1, -0.05) is 41.9 Å². The summed E-state index contributed by atoms with van der Waals surface area (Å²) in [5.41, 5.74) is 0.982. The maximum atomic E-state index is 12.1. The molecule has 2 aromatic rings. The summed E-state index contributed by atoms with van der Waals surface area (Å²) in [7, 11) is 0. The first-order valence-corrected chi connectivity index (χ1v) is 7.80. The number of benzene rings is 1. The number of aromatic nitrogens is 2. The summed E-state index contributed by atoms with van der Waals surface area (Å²) in [4.78, 5) is 15.9. The molecule has 2 heterocycles. The molecule has 0 N–H and O–H groups in total. The van der Waals surface area contributed by atoms with E-state index in [4.69, 9.17) is 16.3 Å². The lowest BCUT2D eigenvalue weighted by atomic mass is 10.2. The average Bonchev–Trinajstić information content (AvgIpc) is 2.61. The third-order valence-electron chi connectivity index (χ3n) is 3.68. The van der Waals surface area contributed by atoms with E-state index in [0.717, 1.165) is 11.4 Å². The Morgan fingerprint density at radius 1 is 1.04 bits per heavy atom. The number of nitrogens with zero attached hydrogens (tertiary/aromatic N) is 4. The van der Waals surface area contributed by atoms with Crippen LogP contribution in [0.15, 0.2) is 42.5 Å². The summed E-state index contributed by atoms with van der Waals surface area (Å²) in [6.45, 7) is 2.87. The minimum absolute atomic E-state index is 0.282. The molecule has 0 unspecified atom stereocenters. The van der Waals surface area contributed by atoms with Crippen molar-refractivity contribution >= 4 is 23.5 Å². The van der Waals surface area contributed by atoms with Crippen LogP contribution >= 0.6 is 11.6 Å². The van der Waals surface area contributed by atoms with E-state index in [-0.39, 0.29) is 6.09 Å². The number of hydrogen-bond donors (Lipinski definition) is 0. The first kappa shape index (κ1) is 15.6. The van der Waals surface area contributed by atoms with E-state index < -0.39 is 0 Å². The molecule has 1 amide bonds. The van der Waals surface area contributed by atoms with Gasteiger partial charge in [-0.25, -0.2) is 4.79 Å². The highest BCUT2D eigenvalue weighted by Crippen LogP contribution is 2.15. The summed E-state index contributed by atoms with van der Waals surface area (Å²) < 4.78 is 5.35. The van der Waals surface area contributed by atoms with E-state index in [1.807, 2.05) is 36.4 Å². The van der Waals surface area contributed by atoms with Crippen LogP contribution in [-0.2, 0) is 11.3 Å². The van der Waals surface area contributed by atoms with Gasteiger partial charge < -0.3 is 14.5 Å². The molecule has 1 aliphatic heterocycles. The Morgan fingerprint density at radius 3 is 2.43 bits per heavy atom. The van der Waals surface area contributed by atoms with Crippen LogP contribution in [0.4, 0.5) is 10.6 Å². The Kier molecular flexibility index (Phi) is 4.92. The first-order chi connectivity index (χ1) is 11.2. The van der Waals surface area contributed by atoms with Crippen molar-refractivity contribution in [2.45, 2.75) is 6.61 Å². The smallest absolute Gasteiger partial charge is 0.410 e. The van der Waals surface area contributed by atoms with Gasteiger partial charge in [0.25, 0.3) is 0 Å². The standard InChI is InChI=1S/C16H17ClN4O2/c17-14-6-7-15(19-18-14)20-8-10-21(11-9-20)16(22)23-12-13-4-2-1-3-5-13/h1-7H,8-12H2. The summed E-state index contributed by atoms with van der Waals surface area (Å²) in [5.74, 6) is 0.770. The van der Waals surface area contributed by atoms with Gasteiger partial charge in [-0.2, -0.15) is 0 Å². The highest BCUT2D eigenvalue weighted by molar-refractivity contribution is 6.29. The molecule has 0 saturated carbocycles. The van der Waals surface area contributed by atoms with Crippen molar-refractivity contribution in [1.82, 2.24) is 15.1 Å². The molecule has 1 aromatic heterocycles. The van der Waals surface area contributed by atoms with Gasteiger partial charge in [-0.15, -0.1) is 10.2 Å². The molecule has 1 aliphatic rings. The number of piperazine rings is 1. The largest absolute Gasteiger partial charge is 0.445 e. The number of amides is 1. The Labute approximate surface area is 139 Å². The minimum Gasteiger partial charge on any atom is -0.445 e. The molecule has 7 heteroatoms. The molecule has 120 valence electrons. The second kappa shape index (κ2) is 7.28. The molecule has 0 atom stereocenters. The molecule has 1 fully saturated rings. The number of halogens is 1. The minimum atomic E-state index is -0.282. The molecular weight excluding hydrogens is 316 g/mol. The predicted molar refractivity (Wildman–Crippen MR) is 87.5 cm³/mol. The van der Waals surface area contributed by atoms with Crippen LogP contribution in [-0.4, -0.2) is 47.4 Å². The van der Waals surface area contributed by atoms with Gasteiger partial charge in [0.05, 0.1) is 0 Å². The van der Waals surface area contributed by atoms with Crippen molar-refractivity contribution < 1.29 is 9.53 Å². The molecule has 1 aromatic carbocycles. The fourth-order valence-electron chi connectivity index (χ4n) is 2.41. The third kappa shape index (κ3) is 4.10. The Hall–Kier alpha value is -2.34. The van der Waals surface area contributed by atoms with Crippen LogP contribution in [0.25, 0.3) is 0 Å². The maximum Gasteiger partial charge on any atom is 0.410 e. The van der Waals surface area contributed by atoms with E-state index >= 15 is 0 Å². The number of rotatable bonds is 3. The molecule has 0 aliphatic carbocycles. The molecule has 1 saturated heterocycles. The molecule has 3 rings (SSSR count). The van der Waals surface area contributed by atoms with E-state index in [9.17, 15) is 4.79 Å². The van der Waals surface area contributed by atoms with E-state index in [2.05, 4.69) is 15.1 Å². The highest BCUT2D eigenvalue weighted by Gasteiger charge is 2.23. The van der Waals surface area contributed by atoms with Crippen molar-refractivity contribution in [3.63, 3.8) is 0 Å². The van der Waals surface area contributed by atoms with Gasteiger partial charge >= 0.3 is 6.09 Å². The summed E-state index contributed by atoms with van der Waals surface area (Å²) in [5, 5.41) is 8.27. The predicted octanol–water partition coefficient (Wildman–Crippen LogP) is 2.59.